The number of anilines is 3. The van der Waals surface area contributed by atoms with Gasteiger partial charge >= 0.3 is 6.09 Å². The second-order valence-corrected chi connectivity index (χ2v) is 7.27. The van der Waals surface area contributed by atoms with Crippen LogP contribution in [-0.2, 0) is 4.74 Å². The van der Waals surface area contributed by atoms with E-state index in [1.165, 1.54) is 5.56 Å². The first-order valence-corrected chi connectivity index (χ1v) is 9.83. The molecule has 2 N–H and O–H groups in total. The third-order valence-corrected chi connectivity index (χ3v) is 4.86. The molecule has 0 aliphatic carbocycles. The van der Waals surface area contributed by atoms with E-state index in [4.69, 9.17) is 4.74 Å². The van der Waals surface area contributed by atoms with E-state index in [9.17, 15) is 4.79 Å². The highest BCUT2D eigenvalue weighted by Crippen LogP contribution is 2.22. The van der Waals surface area contributed by atoms with Crippen molar-refractivity contribution in [2.24, 2.45) is 0 Å². The van der Waals surface area contributed by atoms with Gasteiger partial charge in [-0.1, -0.05) is 17.7 Å². The number of piperidine rings is 1. The Hall–Kier alpha value is -2.83. The van der Waals surface area contributed by atoms with Crippen LogP contribution in [0, 0.1) is 20.8 Å². The van der Waals surface area contributed by atoms with E-state index >= 15 is 0 Å². The summed E-state index contributed by atoms with van der Waals surface area (Å²) >= 11 is 0. The smallest absolute Gasteiger partial charge is 0.409 e. The van der Waals surface area contributed by atoms with Gasteiger partial charge in [-0.3, -0.25) is 0 Å². The largest absolute Gasteiger partial charge is 0.450 e. The van der Waals surface area contributed by atoms with Crippen LogP contribution in [0.5, 0.6) is 0 Å². The predicted octanol–water partition coefficient (Wildman–Crippen LogP) is 4.18. The Kier molecular flexibility index (Phi) is 6.34. The van der Waals surface area contributed by atoms with E-state index in [1.807, 2.05) is 19.9 Å². The van der Waals surface area contributed by atoms with Crippen molar-refractivity contribution in [2.45, 2.75) is 46.6 Å². The van der Waals surface area contributed by atoms with Crippen molar-refractivity contribution in [1.29, 1.82) is 0 Å². The molecule has 2 heterocycles. The Labute approximate surface area is 166 Å². The molecule has 0 bridgehead atoms. The van der Waals surface area contributed by atoms with Gasteiger partial charge < -0.3 is 20.3 Å². The summed E-state index contributed by atoms with van der Waals surface area (Å²) in [6, 6.07) is 8.48. The lowest BCUT2D eigenvalue weighted by Gasteiger charge is -2.31. The van der Waals surface area contributed by atoms with Crippen LogP contribution in [0.3, 0.4) is 0 Å². The molecule has 28 heavy (non-hydrogen) atoms. The van der Waals surface area contributed by atoms with Crippen LogP contribution >= 0.6 is 0 Å². The van der Waals surface area contributed by atoms with Gasteiger partial charge in [-0.25, -0.2) is 9.78 Å². The minimum atomic E-state index is -0.223. The lowest BCUT2D eigenvalue weighted by atomic mass is 10.1. The average molecular weight is 383 g/mol. The maximum Gasteiger partial charge on any atom is 0.409 e. The molecular formula is C21H29N5O2. The SMILES string of the molecule is CCOC(=O)N1CCC(Nc2cc(C)nc(Nc3ccc(C)cc3C)n2)CC1. The Balaban J connectivity index is 1.63. The van der Waals surface area contributed by atoms with E-state index < -0.39 is 0 Å². The third kappa shape index (κ3) is 5.12. The van der Waals surface area contributed by atoms with E-state index in [1.54, 1.807) is 4.90 Å². The van der Waals surface area contributed by atoms with Gasteiger partial charge in [-0.05, 0) is 52.2 Å². The fourth-order valence-electron chi connectivity index (χ4n) is 3.40. The Morgan fingerprint density at radius 1 is 1.18 bits per heavy atom. The highest BCUT2D eigenvalue weighted by Gasteiger charge is 2.23. The van der Waals surface area contributed by atoms with Gasteiger partial charge in [0.15, 0.2) is 0 Å². The summed E-state index contributed by atoms with van der Waals surface area (Å²) in [7, 11) is 0. The van der Waals surface area contributed by atoms with E-state index in [0.29, 0.717) is 25.6 Å². The molecule has 1 saturated heterocycles. The number of rotatable bonds is 5. The molecule has 0 radical (unpaired) electrons. The molecule has 7 heteroatoms. The monoisotopic (exact) mass is 383 g/mol. The summed E-state index contributed by atoms with van der Waals surface area (Å²) in [5.74, 6) is 1.38. The Morgan fingerprint density at radius 2 is 1.93 bits per heavy atom. The molecule has 7 nitrogen and oxygen atoms in total. The number of carbonyl (C=O) groups is 1. The fourth-order valence-corrected chi connectivity index (χ4v) is 3.40. The molecule has 0 atom stereocenters. The molecule has 150 valence electrons. The van der Waals surface area contributed by atoms with E-state index in [2.05, 4.69) is 52.6 Å². The van der Waals surface area contributed by atoms with Crippen molar-refractivity contribution in [3.63, 3.8) is 0 Å². The number of nitrogens with zero attached hydrogens (tertiary/aromatic N) is 3. The van der Waals surface area contributed by atoms with Gasteiger partial charge in [0.05, 0.1) is 6.61 Å². The van der Waals surface area contributed by atoms with Crippen molar-refractivity contribution in [3.05, 3.63) is 41.1 Å². The van der Waals surface area contributed by atoms with Gasteiger partial charge in [0.2, 0.25) is 5.95 Å². The first-order chi connectivity index (χ1) is 13.4. The summed E-state index contributed by atoms with van der Waals surface area (Å²) in [5, 5.41) is 6.82. The second-order valence-electron chi connectivity index (χ2n) is 7.27. The lowest BCUT2D eigenvalue weighted by Crippen LogP contribution is -2.42. The van der Waals surface area contributed by atoms with Gasteiger partial charge in [-0.2, -0.15) is 4.98 Å². The highest BCUT2D eigenvalue weighted by atomic mass is 16.6. The van der Waals surface area contributed by atoms with Crippen molar-refractivity contribution < 1.29 is 9.53 Å². The molecule has 1 aliphatic rings. The molecular weight excluding hydrogens is 354 g/mol. The van der Waals surface area contributed by atoms with Gasteiger partial charge in [0, 0.05) is 36.6 Å². The van der Waals surface area contributed by atoms with Crippen LogP contribution in [0.1, 0.15) is 36.6 Å². The summed E-state index contributed by atoms with van der Waals surface area (Å²) in [6.07, 6.45) is 1.50. The van der Waals surface area contributed by atoms with Crippen LogP contribution in [-0.4, -0.2) is 46.7 Å². The molecule has 1 aromatic carbocycles. The van der Waals surface area contributed by atoms with Gasteiger partial charge in [0.25, 0.3) is 0 Å². The first-order valence-electron chi connectivity index (χ1n) is 9.83. The molecule has 1 fully saturated rings. The molecule has 0 saturated carbocycles. The van der Waals surface area contributed by atoms with Crippen LogP contribution < -0.4 is 10.6 Å². The highest BCUT2D eigenvalue weighted by molar-refractivity contribution is 5.67. The number of hydrogen-bond donors (Lipinski definition) is 2. The standard InChI is InChI=1S/C21H29N5O2/c1-5-28-21(27)26-10-8-17(9-11-26)23-19-13-16(4)22-20(25-19)24-18-7-6-14(2)12-15(18)3/h6-7,12-13,17H,5,8-11H2,1-4H3,(H2,22,23,24,25). The number of ether oxygens (including phenoxy) is 1. The Morgan fingerprint density at radius 3 is 2.61 bits per heavy atom. The number of aryl methyl sites for hydroxylation is 3. The topological polar surface area (TPSA) is 79.4 Å². The van der Waals surface area contributed by atoms with Crippen LogP contribution in [0.2, 0.25) is 0 Å². The molecule has 0 unspecified atom stereocenters. The molecule has 1 amide bonds. The van der Waals surface area contributed by atoms with Crippen LogP contribution in [0.25, 0.3) is 0 Å². The molecule has 1 aromatic heterocycles. The number of nitrogens with one attached hydrogen (secondary N) is 2. The zero-order valence-corrected chi connectivity index (χ0v) is 17.1. The lowest BCUT2D eigenvalue weighted by molar-refractivity contribution is 0.0983. The van der Waals surface area contributed by atoms with Crippen molar-refractivity contribution in [3.8, 4) is 0 Å². The Bertz CT molecular complexity index is 832. The summed E-state index contributed by atoms with van der Waals surface area (Å²) in [5.41, 5.74) is 4.29. The normalized spacial score (nSPS) is 14.6. The third-order valence-electron chi connectivity index (χ3n) is 4.86. The van der Waals surface area contributed by atoms with E-state index in [-0.39, 0.29) is 12.1 Å². The first kappa shape index (κ1) is 19.9. The molecule has 1 aliphatic heterocycles. The quantitative estimate of drug-likeness (QED) is 0.806. The number of benzene rings is 1. The summed E-state index contributed by atoms with van der Waals surface area (Å²) in [4.78, 5) is 22.7. The molecule has 0 spiro atoms. The maximum absolute atomic E-state index is 11.8. The number of hydrogen-bond acceptors (Lipinski definition) is 6. The van der Waals surface area contributed by atoms with E-state index in [0.717, 1.165) is 35.6 Å². The van der Waals surface area contributed by atoms with Crippen LogP contribution in [0.15, 0.2) is 24.3 Å². The number of amides is 1. The zero-order chi connectivity index (χ0) is 20.1. The molecule has 3 rings (SSSR count). The number of carbonyl (C=O) groups excluding carboxylic acids is 1. The predicted molar refractivity (Wildman–Crippen MR) is 111 cm³/mol. The second kappa shape index (κ2) is 8.91. The zero-order valence-electron chi connectivity index (χ0n) is 17.1. The van der Waals surface area contributed by atoms with Gasteiger partial charge in [0.1, 0.15) is 5.82 Å². The van der Waals surface area contributed by atoms with Crippen molar-refractivity contribution >= 4 is 23.5 Å². The average Bonchev–Trinajstić information content (AvgIpc) is 2.64. The summed E-state index contributed by atoms with van der Waals surface area (Å²) < 4.78 is 5.08. The van der Waals surface area contributed by atoms with Crippen molar-refractivity contribution in [2.75, 3.05) is 30.3 Å². The minimum absolute atomic E-state index is 0.223. The number of aromatic nitrogens is 2. The van der Waals surface area contributed by atoms with Crippen molar-refractivity contribution in [1.82, 2.24) is 14.9 Å². The van der Waals surface area contributed by atoms with Crippen LogP contribution in [0.4, 0.5) is 22.2 Å². The van der Waals surface area contributed by atoms with Gasteiger partial charge in [-0.15, -0.1) is 0 Å². The minimum Gasteiger partial charge on any atom is -0.450 e. The fraction of sp³-hybridized carbons (Fsp3) is 0.476. The summed E-state index contributed by atoms with van der Waals surface area (Å²) in [6.45, 7) is 9.73. The molecule has 2 aromatic rings. The number of likely N-dealkylation sites (tertiary alicyclic amines) is 1. The maximum atomic E-state index is 11.8.